The molecule has 2 N–H and O–H groups in total. The van der Waals surface area contributed by atoms with Crippen LogP contribution >= 0.6 is 0 Å². The summed E-state index contributed by atoms with van der Waals surface area (Å²) >= 11 is 0. The Bertz CT molecular complexity index is 960. The molecule has 4 rings (SSSR count). The van der Waals surface area contributed by atoms with Crippen molar-refractivity contribution < 1.29 is 14.3 Å². The average molecular weight is 390 g/mol. The first-order valence-electron chi connectivity index (χ1n) is 9.67. The summed E-state index contributed by atoms with van der Waals surface area (Å²) in [5, 5.41) is 14.9. The lowest BCUT2D eigenvalue weighted by Crippen LogP contribution is -2.31. The van der Waals surface area contributed by atoms with Crippen LogP contribution in [0.1, 0.15) is 44.4 Å². The smallest absolute Gasteiger partial charge is 0.269 e. The number of nitrogens with zero attached hydrogens (tertiary/aromatic N) is 2. The summed E-state index contributed by atoms with van der Waals surface area (Å²) in [6.07, 6.45) is 0.194. The lowest BCUT2D eigenvalue weighted by atomic mass is 9.91. The monoisotopic (exact) mass is 390 g/mol. The van der Waals surface area contributed by atoms with E-state index in [4.69, 9.17) is 4.74 Å². The molecule has 2 heterocycles. The van der Waals surface area contributed by atoms with E-state index < -0.39 is 0 Å². The second kappa shape index (κ2) is 8.02. The topological polar surface area (TPSA) is 104 Å². The third-order valence-electron chi connectivity index (χ3n) is 5.67. The third kappa shape index (κ3) is 3.84. The minimum absolute atomic E-state index is 0.125. The number of carbonyl (C=O) groups excluding carboxylic acids is 2. The van der Waals surface area contributed by atoms with Crippen LogP contribution in [0.3, 0.4) is 0 Å². The van der Waals surface area contributed by atoms with Crippen molar-refractivity contribution in [1.29, 1.82) is 5.26 Å². The molecule has 0 bridgehead atoms. The Morgan fingerprint density at radius 3 is 2.59 bits per heavy atom. The summed E-state index contributed by atoms with van der Waals surface area (Å²) in [5.41, 5.74) is 1.98. The van der Waals surface area contributed by atoms with Gasteiger partial charge in [-0.1, -0.05) is 30.3 Å². The summed E-state index contributed by atoms with van der Waals surface area (Å²) in [5.74, 6) is -0.168. The van der Waals surface area contributed by atoms with Crippen LogP contribution in [0, 0.1) is 23.2 Å². The molecule has 1 aromatic carbocycles. The zero-order valence-electron chi connectivity index (χ0n) is 16.1. The van der Waals surface area contributed by atoms with Crippen LogP contribution in [0.2, 0.25) is 0 Å². The molecule has 2 aromatic rings. The molecule has 1 aliphatic heterocycles. The van der Waals surface area contributed by atoms with Crippen LogP contribution in [0.4, 0.5) is 0 Å². The number of ether oxygens (including phenoxy) is 1. The number of aromatic nitrogens is 1. The van der Waals surface area contributed by atoms with Crippen LogP contribution in [0.25, 0.3) is 0 Å². The summed E-state index contributed by atoms with van der Waals surface area (Å²) < 4.78 is 5.37. The van der Waals surface area contributed by atoms with Gasteiger partial charge in [-0.25, -0.2) is 4.98 Å². The van der Waals surface area contributed by atoms with Gasteiger partial charge in [-0.3, -0.25) is 9.59 Å². The molecule has 1 saturated carbocycles. The second-order valence-corrected chi connectivity index (χ2v) is 7.43. The van der Waals surface area contributed by atoms with Crippen molar-refractivity contribution >= 4 is 11.8 Å². The maximum atomic E-state index is 12.9. The van der Waals surface area contributed by atoms with E-state index in [0.29, 0.717) is 36.3 Å². The van der Waals surface area contributed by atoms with Crippen LogP contribution in [0.5, 0.6) is 0 Å². The van der Waals surface area contributed by atoms with E-state index in [9.17, 15) is 14.9 Å². The molecule has 7 heteroatoms. The van der Waals surface area contributed by atoms with Gasteiger partial charge in [0.25, 0.3) is 11.8 Å². The van der Waals surface area contributed by atoms with Gasteiger partial charge in [-0.2, -0.15) is 5.26 Å². The first-order valence-corrected chi connectivity index (χ1v) is 9.67. The number of nitrogens with one attached hydrogen (secondary N) is 2. The van der Waals surface area contributed by atoms with Gasteiger partial charge in [0.15, 0.2) is 0 Å². The molecule has 2 aliphatic rings. The highest BCUT2D eigenvalue weighted by molar-refractivity contribution is 5.99. The molecule has 2 unspecified atom stereocenters. The van der Waals surface area contributed by atoms with Gasteiger partial charge in [0, 0.05) is 42.8 Å². The molecular weight excluding hydrogens is 368 g/mol. The minimum Gasteiger partial charge on any atom is -0.381 e. The molecule has 4 atom stereocenters. The van der Waals surface area contributed by atoms with Gasteiger partial charge in [-0.05, 0) is 17.7 Å². The normalized spacial score (nSPS) is 22.8. The van der Waals surface area contributed by atoms with Gasteiger partial charge in [-0.15, -0.1) is 0 Å². The molecule has 2 amide bonds. The molecule has 29 heavy (non-hydrogen) atoms. The molecule has 0 radical (unpaired) electrons. The molecule has 0 spiro atoms. The predicted octanol–water partition coefficient (Wildman–Crippen LogP) is 1.86. The van der Waals surface area contributed by atoms with Crippen molar-refractivity contribution in [3.63, 3.8) is 0 Å². The number of nitriles is 1. The third-order valence-corrected chi connectivity index (χ3v) is 5.67. The van der Waals surface area contributed by atoms with E-state index in [-0.39, 0.29) is 35.9 Å². The number of benzene rings is 1. The molecule has 148 valence electrons. The minimum atomic E-state index is -0.374. The Morgan fingerprint density at radius 2 is 1.93 bits per heavy atom. The Labute approximate surface area is 169 Å². The van der Waals surface area contributed by atoms with E-state index in [0.717, 1.165) is 5.56 Å². The van der Waals surface area contributed by atoms with Crippen molar-refractivity contribution in [2.45, 2.75) is 18.4 Å². The molecule has 1 saturated heterocycles. The van der Waals surface area contributed by atoms with Crippen LogP contribution in [-0.4, -0.2) is 43.1 Å². The molecule has 1 aliphatic carbocycles. The van der Waals surface area contributed by atoms with Crippen molar-refractivity contribution in [3.8, 4) is 6.07 Å². The quantitative estimate of drug-likeness (QED) is 0.783. The molecule has 1 aromatic heterocycles. The number of fused-ring (bicyclic) bond motifs is 1. The summed E-state index contributed by atoms with van der Waals surface area (Å²) in [6.45, 7) is 1.36. The maximum absolute atomic E-state index is 12.9. The van der Waals surface area contributed by atoms with Crippen LogP contribution in [0.15, 0.2) is 42.5 Å². The first kappa shape index (κ1) is 19.1. The number of rotatable bonds is 6. The average Bonchev–Trinajstić information content (AvgIpc) is 3.17. The van der Waals surface area contributed by atoms with E-state index in [1.807, 2.05) is 30.3 Å². The van der Waals surface area contributed by atoms with Gasteiger partial charge in [0.2, 0.25) is 0 Å². The molecule has 2 fully saturated rings. The fourth-order valence-electron chi connectivity index (χ4n) is 3.96. The Hall–Kier alpha value is -3.24. The Kier molecular flexibility index (Phi) is 5.28. The van der Waals surface area contributed by atoms with Crippen molar-refractivity contribution in [3.05, 3.63) is 65.0 Å². The maximum Gasteiger partial charge on any atom is 0.269 e. The summed E-state index contributed by atoms with van der Waals surface area (Å²) in [4.78, 5) is 29.6. The highest BCUT2D eigenvalue weighted by atomic mass is 16.5. The van der Waals surface area contributed by atoms with E-state index >= 15 is 0 Å². The first-order chi connectivity index (χ1) is 14.1. The fraction of sp³-hybridized carbons (Fsp3) is 0.364. The number of hydrogen-bond donors (Lipinski definition) is 2. The lowest BCUT2D eigenvalue weighted by molar-refractivity contribution is 0.0928. The fourth-order valence-corrected chi connectivity index (χ4v) is 3.96. The zero-order valence-corrected chi connectivity index (χ0v) is 16.1. The Balaban J connectivity index is 1.67. The number of amides is 2. The van der Waals surface area contributed by atoms with Crippen molar-refractivity contribution in [2.75, 3.05) is 20.3 Å². The summed E-state index contributed by atoms with van der Waals surface area (Å²) in [7, 11) is 1.52. The van der Waals surface area contributed by atoms with E-state index in [1.54, 1.807) is 6.07 Å². The Morgan fingerprint density at radius 1 is 1.21 bits per heavy atom. The molecule has 7 nitrogen and oxygen atoms in total. The zero-order chi connectivity index (χ0) is 20.4. The van der Waals surface area contributed by atoms with Gasteiger partial charge >= 0.3 is 0 Å². The van der Waals surface area contributed by atoms with E-state index in [1.165, 1.54) is 13.1 Å². The van der Waals surface area contributed by atoms with Crippen molar-refractivity contribution in [2.24, 2.45) is 11.8 Å². The predicted molar refractivity (Wildman–Crippen MR) is 105 cm³/mol. The number of carbonyl (C=O) groups is 2. The lowest BCUT2D eigenvalue weighted by Gasteiger charge is -2.16. The van der Waals surface area contributed by atoms with Crippen LogP contribution in [-0.2, 0) is 4.74 Å². The van der Waals surface area contributed by atoms with E-state index in [2.05, 4.69) is 21.7 Å². The largest absolute Gasteiger partial charge is 0.381 e. The summed E-state index contributed by atoms with van der Waals surface area (Å²) in [6, 6.07) is 15.0. The standard InChI is InChI=1S/C22H22N4O3/c1-24-22(28)19-10-14(21(27)26-20-16-11-29-12-17(16)20)9-18(25-19)15(7-8-23)13-5-3-2-4-6-13/h2-6,9-10,15-17,20H,7,11-12H2,1H3,(H,24,28)(H,26,27)/t15?,16-,17+,20?. The molecular formula is C22H22N4O3. The number of pyridine rings is 1. The van der Waals surface area contributed by atoms with Gasteiger partial charge in [0.1, 0.15) is 5.69 Å². The highest BCUT2D eigenvalue weighted by Gasteiger charge is 2.54. The van der Waals surface area contributed by atoms with Crippen molar-refractivity contribution in [1.82, 2.24) is 15.6 Å². The highest BCUT2D eigenvalue weighted by Crippen LogP contribution is 2.44. The van der Waals surface area contributed by atoms with Crippen LogP contribution < -0.4 is 10.6 Å². The number of hydrogen-bond acceptors (Lipinski definition) is 5. The second-order valence-electron chi connectivity index (χ2n) is 7.43. The van der Waals surface area contributed by atoms with Gasteiger partial charge in [0.05, 0.1) is 25.0 Å². The van der Waals surface area contributed by atoms with Gasteiger partial charge < -0.3 is 15.4 Å². The SMILES string of the molecule is CNC(=O)c1cc(C(=O)NC2[C@H]3COC[C@@H]23)cc(C(CC#N)c2ccccc2)n1.